The van der Waals surface area contributed by atoms with Crippen molar-refractivity contribution in [3.05, 3.63) is 113 Å². The van der Waals surface area contributed by atoms with E-state index in [1.807, 2.05) is 73.6 Å². The molecule has 0 bridgehead atoms. The van der Waals surface area contributed by atoms with Crippen molar-refractivity contribution in [1.82, 2.24) is 40.1 Å². The summed E-state index contributed by atoms with van der Waals surface area (Å²) in [5.74, 6) is 0.627. The first-order valence-electron chi connectivity index (χ1n) is 29.7. The number of aryl methyl sites for hydroxylation is 2. The van der Waals surface area contributed by atoms with E-state index < -0.39 is 18.1 Å². The molecule has 0 radical (unpaired) electrons. The number of likely N-dealkylation sites (tertiary alicyclic amines) is 2. The maximum atomic E-state index is 14.0. The van der Waals surface area contributed by atoms with Gasteiger partial charge in [-0.2, -0.15) is 9.97 Å². The Hall–Kier alpha value is -7.21. The quantitative estimate of drug-likeness (QED) is 0.0393. The summed E-state index contributed by atoms with van der Waals surface area (Å²) in [6, 6.07) is 18.8. The van der Waals surface area contributed by atoms with Crippen LogP contribution >= 0.6 is 11.3 Å². The summed E-state index contributed by atoms with van der Waals surface area (Å²) in [7, 11) is 0. The van der Waals surface area contributed by atoms with Crippen molar-refractivity contribution in [2.45, 2.75) is 104 Å². The Morgan fingerprint density at radius 1 is 0.894 bits per heavy atom. The lowest BCUT2D eigenvalue weighted by Crippen LogP contribution is -2.49. The number of hydrogen-bond donors (Lipinski definition) is 3. The van der Waals surface area contributed by atoms with Gasteiger partial charge in [0.05, 0.1) is 79.3 Å². The van der Waals surface area contributed by atoms with E-state index in [1.165, 1.54) is 22.3 Å². The monoisotopic (exact) mass is 1180 g/mol. The summed E-state index contributed by atoms with van der Waals surface area (Å²) in [5, 5.41) is 30.4. The number of phenolic OH excluding ortho intramolecular Hbond substituents is 1. The molecule has 0 saturated carbocycles. The lowest BCUT2D eigenvalue weighted by atomic mass is 9.91. The fourth-order valence-electron chi connectivity index (χ4n) is 12.0. The third-order valence-electron chi connectivity index (χ3n) is 16.3. The molecule has 3 saturated heterocycles. The predicted octanol–water partition coefficient (Wildman–Crippen LogP) is 6.84. The molecule has 22 heteroatoms. The number of anilines is 2. The zero-order valence-corrected chi connectivity index (χ0v) is 50.3. The Kier molecular flexibility index (Phi) is 20.3. The Balaban J connectivity index is 0.649. The number of aliphatic hydroxyl groups excluding tert-OH is 1. The normalized spacial score (nSPS) is 18.4. The average molecular weight is 1190 g/mol. The SMILES string of the molecule is C=CC(=O)N1CCN(c2nc(O[C@H](C)CN3CCC(OCCOCCOCCOc4cc(-c5scnc5C)ccc4CNC(=O)[C@@H]4C[C@@H](O)CN4C(=O)[C@@H](c4cc(C)no4)C(C)C)CC3)nc3c2CCN(c2cc(O)cc4ccccc24)C3)CC1. The number of β-amino-alcohol motifs (C(OH)–C–C–N with tert-alkyl or cyclic N) is 1. The zero-order chi connectivity index (χ0) is 59.6. The second kappa shape index (κ2) is 28.3. The molecule has 3 aromatic heterocycles. The Bertz CT molecular complexity index is 3270. The number of carbonyl (C=O) groups excluding carboxylic acids is 3. The van der Waals surface area contributed by atoms with E-state index in [0.717, 1.165) is 94.1 Å². The molecule has 0 spiro atoms. The van der Waals surface area contributed by atoms with Crippen molar-refractivity contribution in [1.29, 1.82) is 0 Å². The van der Waals surface area contributed by atoms with Gasteiger partial charge in [-0.05, 0) is 75.1 Å². The highest BCUT2D eigenvalue weighted by atomic mass is 32.1. The number of nitrogens with one attached hydrogen (secondary N) is 1. The summed E-state index contributed by atoms with van der Waals surface area (Å²) in [6.45, 7) is 22.0. The number of piperidine rings is 1. The number of rotatable bonds is 25. The molecule has 4 aliphatic rings. The number of phenols is 1. The second-order valence-electron chi connectivity index (χ2n) is 22.8. The molecule has 0 unspecified atom stereocenters. The number of carbonyl (C=O) groups is 3. The van der Waals surface area contributed by atoms with Gasteiger partial charge in [0.25, 0.3) is 0 Å². The van der Waals surface area contributed by atoms with E-state index >= 15 is 0 Å². The van der Waals surface area contributed by atoms with Crippen molar-refractivity contribution in [2.24, 2.45) is 5.92 Å². The molecule has 0 aliphatic carbocycles. The van der Waals surface area contributed by atoms with Crippen LogP contribution < -0.4 is 24.6 Å². The first kappa shape index (κ1) is 60.9. The highest BCUT2D eigenvalue weighted by molar-refractivity contribution is 7.13. The van der Waals surface area contributed by atoms with E-state index in [2.05, 4.69) is 49.7 Å². The zero-order valence-electron chi connectivity index (χ0n) is 49.5. The van der Waals surface area contributed by atoms with Crippen molar-refractivity contribution in [2.75, 3.05) is 108 Å². The first-order valence-corrected chi connectivity index (χ1v) is 30.6. The molecule has 7 heterocycles. The van der Waals surface area contributed by atoms with Crippen molar-refractivity contribution < 1.29 is 52.8 Å². The molecule has 85 heavy (non-hydrogen) atoms. The lowest BCUT2D eigenvalue weighted by Gasteiger charge is -2.38. The number of hydrogen-bond acceptors (Lipinski definition) is 19. The van der Waals surface area contributed by atoms with Crippen LogP contribution in [0.15, 0.2) is 83.4 Å². The maximum absolute atomic E-state index is 14.0. The van der Waals surface area contributed by atoms with Crippen LogP contribution in [0.3, 0.4) is 0 Å². The summed E-state index contributed by atoms with van der Waals surface area (Å²) in [5.41, 5.74) is 8.02. The fourth-order valence-corrected chi connectivity index (χ4v) is 12.8. The lowest BCUT2D eigenvalue weighted by molar-refractivity contribution is -0.141. The summed E-state index contributed by atoms with van der Waals surface area (Å²) >= 11 is 1.54. The average Bonchev–Trinajstić information content (AvgIpc) is 3.41. The van der Waals surface area contributed by atoms with E-state index in [4.69, 9.17) is 38.2 Å². The predicted molar refractivity (Wildman–Crippen MR) is 323 cm³/mol. The van der Waals surface area contributed by atoms with Gasteiger partial charge in [0, 0.05) is 106 Å². The molecule has 4 aliphatic heterocycles. The van der Waals surface area contributed by atoms with E-state index in [0.29, 0.717) is 95.5 Å². The molecular weight excluding hydrogens is 1100 g/mol. The molecule has 3 aromatic carbocycles. The van der Waals surface area contributed by atoms with Crippen LogP contribution in [0.4, 0.5) is 11.5 Å². The van der Waals surface area contributed by atoms with Crippen LogP contribution in [-0.2, 0) is 48.1 Å². The van der Waals surface area contributed by atoms with Crippen LogP contribution in [-0.4, -0.2) is 186 Å². The molecular formula is C63H80N10O11S. The van der Waals surface area contributed by atoms with Crippen molar-refractivity contribution in [3.63, 3.8) is 0 Å². The van der Waals surface area contributed by atoms with E-state index in [-0.39, 0.29) is 67.7 Å². The minimum atomic E-state index is -0.855. The number of aliphatic hydroxyl groups is 1. The van der Waals surface area contributed by atoms with Crippen molar-refractivity contribution >= 4 is 51.3 Å². The fraction of sp³-hybridized carbons (Fsp3) is 0.508. The van der Waals surface area contributed by atoms with Gasteiger partial charge in [-0.1, -0.05) is 62.0 Å². The number of aromatic hydroxyl groups is 1. The number of thiazole rings is 1. The van der Waals surface area contributed by atoms with Crippen LogP contribution in [0.1, 0.15) is 79.9 Å². The number of amides is 3. The molecule has 6 aromatic rings. The molecule has 21 nitrogen and oxygen atoms in total. The number of fused-ring (bicyclic) bond motifs is 2. The van der Waals surface area contributed by atoms with Gasteiger partial charge in [0.15, 0.2) is 0 Å². The largest absolute Gasteiger partial charge is 0.508 e. The molecule has 4 atom stereocenters. The smallest absolute Gasteiger partial charge is 0.318 e. The number of aromatic nitrogens is 4. The van der Waals surface area contributed by atoms with Crippen LogP contribution in [0.2, 0.25) is 0 Å². The standard InChI is InChI=1S/C63H80N10O11S/c1-7-57(76)70-20-22-71(23-21-70)60-51-16-19-72(53-33-47(74)31-44-10-8-9-11-50(44)53)38-52(51)66-63(67-60)83-42(5)36-69-17-14-49(15-18-69)81-28-26-79-24-25-80-27-29-82-55-32-45(59-43(6)65-39-85-59)12-13-46(55)35-64-61(77)54-34-48(75)37-73(54)62(78)58(40(2)3)56-30-41(4)68-84-56/h7-13,30-33,39-40,42,48-49,54,58,74-75H,1,14-29,34-38H2,2-6H3,(H,64,77)/t42-,48-,54+,58-/m1/s1. The minimum absolute atomic E-state index is 0.0481. The van der Waals surface area contributed by atoms with Gasteiger partial charge in [0.2, 0.25) is 17.7 Å². The molecule has 3 N–H and O–H groups in total. The summed E-state index contributed by atoms with van der Waals surface area (Å²) < 4.78 is 36.4. The topological polar surface area (TPSA) is 231 Å². The van der Waals surface area contributed by atoms with Gasteiger partial charge < -0.3 is 63.3 Å². The highest BCUT2D eigenvalue weighted by Gasteiger charge is 2.43. The van der Waals surface area contributed by atoms with Crippen LogP contribution in [0.5, 0.6) is 17.5 Å². The third-order valence-corrected chi connectivity index (χ3v) is 17.3. The molecule has 3 amide bonds. The van der Waals surface area contributed by atoms with E-state index in [1.54, 1.807) is 19.1 Å². The third kappa shape index (κ3) is 15.1. The summed E-state index contributed by atoms with van der Waals surface area (Å²) in [4.78, 5) is 66.0. The number of piperazine rings is 1. The maximum Gasteiger partial charge on any atom is 0.318 e. The van der Waals surface area contributed by atoms with Crippen LogP contribution in [0.25, 0.3) is 21.2 Å². The van der Waals surface area contributed by atoms with E-state index in [9.17, 15) is 24.6 Å². The first-order chi connectivity index (χ1) is 41.2. The van der Waals surface area contributed by atoms with Gasteiger partial charge in [0.1, 0.15) is 47.7 Å². The molecule has 454 valence electrons. The van der Waals surface area contributed by atoms with Gasteiger partial charge in [-0.25, -0.2) is 4.98 Å². The Morgan fingerprint density at radius 3 is 2.39 bits per heavy atom. The van der Waals surface area contributed by atoms with Gasteiger partial charge in [-0.3, -0.25) is 19.3 Å². The number of ether oxygens (including phenoxy) is 5. The number of nitrogens with zero attached hydrogens (tertiary/aromatic N) is 9. The van der Waals surface area contributed by atoms with Crippen molar-refractivity contribution in [3.8, 4) is 28.0 Å². The van der Waals surface area contributed by atoms with Gasteiger partial charge >= 0.3 is 6.01 Å². The molecule has 3 fully saturated rings. The summed E-state index contributed by atoms with van der Waals surface area (Å²) in [6.07, 6.45) is 3.12. The minimum Gasteiger partial charge on any atom is -0.508 e. The number of benzene rings is 3. The molecule has 10 rings (SSSR count). The Labute approximate surface area is 500 Å². The highest BCUT2D eigenvalue weighted by Crippen LogP contribution is 2.38. The van der Waals surface area contributed by atoms with Crippen LogP contribution in [0, 0.1) is 19.8 Å². The van der Waals surface area contributed by atoms with Gasteiger partial charge in [-0.15, -0.1) is 11.3 Å². The second-order valence-corrected chi connectivity index (χ2v) is 23.7. The Morgan fingerprint density at radius 2 is 1.66 bits per heavy atom.